The van der Waals surface area contributed by atoms with Gasteiger partial charge in [0.15, 0.2) is 0 Å². The lowest BCUT2D eigenvalue weighted by molar-refractivity contribution is -0.138. The Bertz CT molecular complexity index is 823. The van der Waals surface area contributed by atoms with Crippen LogP contribution in [0, 0.1) is 0 Å². The van der Waals surface area contributed by atoms with Gasteiger partial charge in [-0.15, -0.1) is 0 Å². The molecule has 0 aliphatic heterocycles. The minimum atomic E-state index is -4.69. The van der Waals surface area contributed by atoms with Crippen LogP contribution in [0.5, 0.6) is 5.88 Å². The van der Waals surface area contributed by atoms with Crippen LogP contribution in [0.2, 0.25) is 5.02 Å². The zero-order chi connectivity index (χ0) is 20.2. The fourth-order valence-electron chi connectivity index (χ4n) is 2.02. The number of rotatable bonds is 5. The summed E-state index contributed by atoms with van der Waals surface area (Å²) < 4.78 is 81.2. The molecule has 1 aromatic heterocycles. The molecule has 2 aromatic rings. The first-order valence-electron chi connectivity index (χ1n) is 7.30. The van der Waals surface area contributed by atoms with Crippen molar-refractivity contribution in [3.05, 3.63) is 58.2 Å². The molecule has 1 N–H and O–H groups in total. The van der Waals surface area contributed by atoms with Crippen molar-refractivity contribution in [3.63, 3.8) is 0 Å². The molecule has 146 valence electrons. The number of alkyl halides is 6. The number of nitrogens with one attached hydrogen (secondary N) is 1. The number of hydrogen-bond acceptors (Lipinski definition) is 3. The van der Waals surface area contributed by atoms with E-state index in [1.807, 2.05) is 0 Å². The lowest BCUT2D eigenvalue weighted by Gasteiger charge is -2.13. The van der Waals surface area contributed by atoms with Gasteiger partial charge in [0.2, 0.25) is 5.88 Å². The topological polar surface area (TPSA) is 51.2 Å². The fraction of sp³-hybridized carbons (Fsp3) is 0.250. The first-order valence-corrected chi connectivity index (χ1v) is 7.68. The lowest BCUT2D eigenvalue weighted by Crippen LogP contribution is -2.30. The Hall–Kier alpha value is -2.49. The van der Waals surface area contributed by atoms with Crippen molar-refractivity contribution in [2.75, 3.05) is 13.2 Å². The van der Waals surface area contributed by atoms with Gasteiger partial charge in [-0.25, -0.2) is 4.98 Å². The average molecular weight is 413 g/mol. The van der Waals surface area contributed by atoms with E-state index in [0.29, 0.717) is 12.3 Å². The molecule has 0 unspecified atom stereocenters. The highest BCUT2D eigenvalue weighted by Crippen LogP contribution is 2.33. The van der Waals surface area contributed by atoms with Crippen LogP contribution >= 0.6 is 11.6 Å². The minimum absolute atomic E-state index is 0.218. The molecule has 1 heterocycles. The molecule has 0 aliphatic rings. The second-order valence-electron chi connectivity index (χ2n) is 5.16. The number of ether oxygens (including phenoxy) is 1. The Balaban J connectivity index is 1.94. The molecule has 0 fully saturated rings. The highest BCUT2D eigenvalue weighted by molar-refractivity contribution is 6.31. The van der Waals surface area contributed by atoms with E-state index in [4.69, 9.17) is 16.3 Å². The Labute approximate surface area is 154 Å². The maximum absolute atomic E-state index is 12.9. The summed E-state index contributed by atoms with van der Waals surface area (Å²) >= 11 is 5.64. The summed E-state index contributed by atoms with van der Waals surface area (Å²) in [5.41, 5.74) is -2.71. The molecule has 0 radical (unpaired) electrons. The molecule has 1 amide bonds. The molecule has 0 bridgehead atoms. The lowest BCUT2D eigenvalue weighted by atomic mass is 10.1. The van der Waals surface area contributed by atoms with E-state index in [-0.39, 0.29) is 19.0 Å². The minimum Gasteiger partial charge on any atom is -0.475 e. The van der Waals surface area contributed by atoms with E-state index in [9.17, 15) is 31.1 Å². The Kier molecular flexibility index (Phi) is 6.19. The Morgan fingerprint density at radius 2 is 1.78 bits per heavy atom. The van der Waals surface area contributed by atoms with Gasteiger partial charge in [0.05, 0.1) is 23.2 Å². The summed E-state index contributed by atoms with van der Waals surface area (Å²) in [4.78, 5) is 15.3. The number of aromatic nitrogens is 1. The summed E-state index contributed by atoms with van der Waals surface area (Å²) in [5, 5.41) is 1.83. The maximum Gasteiger partial charge on any atom is 0.417 e. The average Bonchev–Trinajstić information content (AvgIpc) is 2.58. The maximum atomic E-state index is 12.9. The summed E-state index contributed by atoms with van der Waals surface area (Å²) in [5.74, 6) is -1.27. The van der Waals surface area contributed by atoms with E-state index in [2.05, 4.69) is 10.3 Å². The molecular formula is C16H11ClF6N2O2. The second-order valence-corrected chi connectivity index (χ2v) is 5.56. The van der Waals surface area contributed by atoms with Gasteiger partial charge in [0.1, 0.15) is 11.6 Å². The van der Waals surface area contributed by atoms with Crippen molar-refractivity contribution in [2.24, 2.45) is 0 Å². The van der Waals surface area contributed by atoms with Crippen LogP contribution in [0.25, 0.3) is 0 Å². The van der Waals surface area contributed by atoms with Crippen LogP contribution in [0.15, 0.2) is 36.5 Å². The largest absolute Gasteiger partial charge is 0.475 e. The van der Waals surface area contributed by atoms with Crippen molar-refractivity contribution in [1.29, 1.82) is 0 Å². The Morgan fingerprint density at radius 3 is 2.37 bits per heavy atom. The highest BCUT2D eigenvalue weighted by Gasteiger charge is 2.35. The highest BCUT2D eigenvalue weighted by atomic mass is 35.5. The first-order chi connectivity index (χ1) is 12.5. The van der Waals surface area contributed by atoms with Crippen LogP contribution in [0.4, 0.5) is 26.3 Å². The number of carbonyl (C=O) groups is 1. The number of pyridine rings is 1. The molecule has 0 aliphatic carbocycles. The summed E-state index contributed by atoms with van der Waals surface area (Å²) in [7, 11) is 0. The third-order valence-corrected chi connectivity index (χ3v) is 3.51. The standard InChI is InChI=1S/C16H11ClF6N2O2/c17-12-7-9(15(18,19)20)8-25-14(12)27-6-5-24-13(26)10-3-1-2-4-11(10)16(21,22)23/h1-4,7-8H,5-6H2,(H,24,26). The zero-order valence-corrected chi connectivity index (χ0v) is 14.0. The molecule has 27 heavy (non-hydrogen) atoms. The van der Waals surface area contributed by atoms with E-state index < -0.39 is 40.0 Å². The van der Waals surface area contributed by atoms with E-state index in [1.54, 1.807) is 0 Å². The molecule has 4 nitrogen and oxygen atoms in total. The molecule has 1 aromatic carbocycles. The monoisotopic (exact) mass is 412 g/mol. The van der Waals surface area contributed by atoms with Crippen molar-refractivity contribution < 1.29 is 35.9 Å². The van der Waals surface area contributed by atoms with Crippen molar-refractivity contribution in [3.8, 4) is 5.88 Å². The van der Waals surface area contributed by atoms with E-state index in [1.165, 1.54) is 6.07 Å². The van der Waals surface area contributed by atoms with Gasteiger partial charge >= 0.3 is 12.4 Å². The summed E-state index contributed by atoms with van der Waals surface area (Å²) in [6, 6.07) is 4.86. The van der Waals surface area contributed by atoms with Gasteiger partial charge in [-0.05, 0) is 18.2 Å². The molecule has 0 spiro atoms. The predicted molar refractivity (Wildman–Crippen MR) is 83.5 cm³/mol. The van der Waals surface area contributed by atoms with Gasteiger partial charge in [-0.2, -0.15) is 26.3 Å². The van der Waals surface area contributed by atoms with Crippen LogP contribution in [-0.4, -0.2) is 24.0 Å². The van der Waals surface area contributed by atoms with Crippen LogP contribution in [0.1, 0.15) is 21.5 Å². The van der Waals surface area contributed by atoms with Crippen LogP contribution < -0.4 is 10.1 Å². The molecule has 11 heteroatoms. The third kappa shape index (κ3) is 5.49. The zero-order valence-electron chi connectivity index (χ0n) is 13.3. The quantitative estimate of drug-likeness (QED) is 0.577. The smallest absolute Gasteiger partial charge is 0.417 e. The van der Waals surface area contributed by atoms with Gasteiger partial charge in [0.25, 0.3) is 5.91 Å². The number of nitrogens with zero attached hydrogens (tertiary/aromatic N) is 1. The van der Waals surface area contributed by atoms with Gasteiger partial charge < -0.3 is 10.1 Å². The number of benzene rings is 1. The van der Waals surface area contributed by atoms with Crippen molar-refractivity contribution in [2.45, 2.75) is 12.4 Å². The molecule has 2 rings (SSSR count). The van der Waals surface area contributed by atoms with Crippen molar-refractivity contribution in [1.82, 2.24) is 10.3 Å². The number of carbonyl (C=O) groups excluding carboxylic acids is 1. The SMILES string of the molecule is O=C(NCCOc1ncc(C(F)(F)F)cc1Cl)c1ccccc1C(F)(F)F. The van der Waals surface area contributed by atoms with Crippen molar-refractivity contribution >= 4 is 17.5 Å². The third-order valence-electron chi connectivity index (χ3n) is 3.24. The van der Waals surface area contributed by atoms with E-state index >= 15 is 0 Å². The summed E-state index contributed by atoms with van der Waals surface area (Å²) in [6.45, 7) is -0.484. The first kappa shape index (κ1) is 20.8. The number of amides is 1. The Morgan fingerprint density at radius 1 is 1.11 bits per heavy atom. The predicted octanol–water partition coefficient (Wildman–Crippen LogP) is 4.58. The molecular weight excluding hydrogens is 402 g/mol. The van der Waals surface area contributed by atoms with Crippen LogP contribution in [0.3, 0.4) is 0 Å². The summed E-state index contributed by atoms with van der Waals surface area (Å²) in [6.07, 6.45) is -8.78. The van der Waals surface area contributed by atoms with Crippen LogP contribution in [-0.2, 0) is 12.4 Å². The van der Waals surface area contributed by atoms with Gasteiger partial charge in [0, 0.05) is 6.20 Å². The fourth-order valence-corrected chi connectivity index (χ4v) is 2.24. The second kappa shape index (κ2) is 8.03. The van der Waals surface area contributed by atoms with E-state index in [0.717, 1.165) is 18.2 Å². The van der Waals surface area contributed by atoms with Gasteiger partial charge in [-0.3, -0.25) is 4.79 Å². The number of halogens is 7. The molecule has 0 saturated carbocycles. The van der Waals surface area contributed by atoms with Gasteiger partial charge in [-0.1, -0.05) is 23.7 Å². The number of hydrogen-bond donors (Lipinski definition) is 1. The molecule has 0 atom stereocenters. The normalized spacial score (nSPS) is 12.0. The molecule has 0 saturated heterocycles.